The molecule has 3 N–H and O–H groups in total. The summed E-state index contributed by atoms with van der Waals surface area (Å²) in [6.45, 7) is 0. The summed E-state index contributed by atoms with van der Waals surface area (Å²) in [6, 6.07) is 1.57. The third-order valence-electron chi connectivity index (χ3n) is 2.02. The van der Waals surface area contributed by atoms with Gasteiger partial charge in [0.25, 0.3) is 0 Å². The third-order valence-corrected chi connectivity index (χ3v) is 2.31. The fourth-order valence-electron chi connectivity index (χ4n) is 1.15. The van der Waals surface area contributed by atoms with Gasteiger partial charge >= 0.3 is 6.18 Å². The number of halogens is 6. The molecule has 0 aliphatic carbocycles. The van der Waals surface area contributed by atoms with Crippen LogP contribution in [0.1, 0.15) is 11.6 Å². The topological polar surface area (TPSA) is 46.2 Å². The van der Waals surface area contributed by atoms with Crippen molar-refractivity contribution in [2.45, 2.75) is 18.3 Å². The average Bonchev–Trinajstić information content (AvgIpc) is 2.18. The normalized spacial score (nSPS) is 15.0. The molecule has 1 aromatic rings. The molecule has 1 aromatic carbocycles. The fraction of sp³-hybridized carbons (Fsp3) is 0.333. The molecular formula is C9H9Cl2F4NO. The zero-order valence-corrected chi connectivity index (χ0v) is 9.78. The van der Waals surface area contributed by atoms with Crippen LogP contribution in [-0.2, 0) is 0 Å². The van der Waals surface area contributed by atoms with Crippen LogP contribution >= 0.6 is 24.0 Å². The first kappa shape index (κ1) is 16.4. The van der Waals surface area contributed by atoms with Crippen LogP contribution in [0.4, 0.5) is 17.6 Å². The van der Waals surface area contributed by atoms with Gasteiger partial charge in [0.15, 0.2) is 6.10 Å². The van der Waals surface area contributed by atoms with Crippen molar-refractivity contribution in [2.24, 2.45) is 5.73 Å². The number of hydrogen-bond donors (Lipinski definition) is 2. The molecule has 0 radical (unpaired) electrons. The zero-order chi connectivity index (χ0) is 12.5. The van der Waals surface area contributed by atoms with E-state index >= 15 is 0 Å². The molecule has 0 aromatic heterocycles. The Labute approximate surface area is 106 Å². The predicted octanol–water partition coefficient (Wildman–Crippen LogP) is 2.82. The van der Waals surface area contributed by atoms with Gasteiger partial charge in [0.2, 0.25) is 0 Å². The standard InChI is InChI=1S/C9H8ClF4NO.ClH/c10-5-3-1-2-4(6(5)11)7(15)8(16)9(12,13)14;/h1-3,7-8,16H,15H2;1H/t7-,8-;/m0./s1. The number of alkyl halides is 3. The SMILES string of the molecule is Cl.N[C@@H](c1cccc(Cl)c1F)[C@H](O)C(F)(F)F. The molecule has 0 saturated carbocycles. The lowest BCUT2D eigenvalue weighted by Crippen LogP contribution is -2.39. The lowest BCUT2D eigenvalue weighted by Gasteiger charge is -2.22. The smallest absolute Gasteiger partial charge is 0.382 e. The molecule has 0 aliphatic heterocycles. The molecule has 1 rings (SSSR count). The van der Waals surface area contributed by atoms with Crippen LogP contribution in [-0.4, -0.2) is 17.4 Å². The minimum Gasteiger partial charge on any atom is -0.382 e. The van der Waals surface area contributed by atoms with Crippen LogP contribution in [0.15, 0.2) is 18.2 Å². The summed E-state index contributed by atoms with van der Waals surface area (Å²) < 4.78 is 49.7. The van der Waals surface area contributed by atoms with E-state index in [1.54, 1.807) is 0 Å². The highest BCUT2D eigenvalue weighted by Gasteiger charge is 2.43. The van der Waals surface area contributed by atoms with Gasteiger partial charge in [-0.2, -0.15) is 13.2 Å². The number of nitrogens with two attached hydrogens (primary N) is 1. The maximum atomic E-state index is 13.3. The van der Waals surface area contributed by atoms with E-state index in [1.165, 1.54) is 12.1 Å². The Kier molecular flexibility index (Phi) is 5.67. The largest absolute Gasteiger partial charge is 0.416 e. The second kappa shape index (κ2) is 5.86. The Morgan fingerprint density at radius 3 is 2.29 bits per heavy atom. The number of rotatable bonds is 2. The molecule has 17 heavy (non-hydrogen) atoms. The number of hydrogen-bond acceptors (Lipinski definition) is 2. The maximum Gasteiger partial charge on any atom is 0.416 e. The predicted molar refractivity (Wildman–Crippen MR) is 57.6 cm³/mol. The van der Waals surface area contributed by atoms with Crippen molar-refractivity contribution in [1.82, 2.24) is 0 Å². The van der Waals surface area contributed by atoms with Crippen molar-refractivity contribution in [1.29, 1.82) is 0 Å². The summed E-state index contributed by atoms with van der Waals surface area (Å²) in [6.07, 6.45) is -7.74. The van der Waals surface area contributed by atoms with E-state index in [4.69, 9.17) is 22.4 Å². The highest BCUT2D eigenvalue weighted by atomic mass is 35.5. The van der Waals surface area contributed by atoms with E-state index in [0.29, 0.717) is 0 Å². The molecular weight excluding hydrogens is 285 g/mol. The van der Waals surface area contributed by atoms with Gasteiger partial charge in [0.1, 0.15) is 5.82 Å². The average molecular weight is 294 g/mol. The molecule has 2 atom stereocenters. The molecule has 98 valence electrons. The molecule has 0 unspecified atom stereocenters. The van der Waals surface area contributed by atoms with Gasteiger partial charge in [-0.25, -0.2) is 4.39 Å². The summed E-state index contributed by atoms with van der Waals surface area (Å²) >= 11 is 5.38. The van der Waals surface area contributed by atoms with E-state index in [1.807, 2.05) is 0 Å². The van der Waals surface area contributed by atoms with Crippen LogP contribution < -0.4 is 5.73 Å². The molecule has 0 saturated heterocycles. The molecule has 0 aliphatic rings. The lowest BCUT2D eigenvalue weighted by molar-refractivity contribution is -0.210. The van der Waals surface area contributed by atoms with Crippen molar-refractivity contribution >= 4 is 24.0 Å². The van der Waals surface area contributed by atoms with Crippen molar-refractivity contribution in [2.75, 3.05) is 0 Å². The van der Waals surface area contributed by atoms with Gasteiger partial charge in [-0.05, 0) is 6.07 Å². The van der Waals surface area contributed by atoms with Gasteiger partial charge in [-0.3, -0.25) is 0 Å². The first-order valence-corrected chi connectivity index (χ1v) is 4.57. The first-order chi connectivity index (χ1) is 7.25. The van der Waals surface area contributed by atoms with E-state index in [-0.39, 0.29) is 17.4 Å². The van der Waals surface area contributed by atoms with E-state index in [9.17, 15) is 17.6 Å². The lowest BCUT2D eigenvalue weighted by atomic mass is 10.0. The summed E-state index contributed by atoms with van der Waals surface area (Å²) in [7, 11) is 0. The molecule has 0 bridgehead atoms. The van der Waals surface area contributed by atoms with Crippen LogP contribution in [0.2, 0.25) is 5.02 Å². The van der Waals surface area contributed by atoms with Crippen LogP contribution in [0.5, 0.6) is 0 Å². The zero-order valence-electron chi connectivity index (χ0n) is 8.21. The monoisotopic (exact) mass is 293 g/mol. The Bertz CT molecular complexity index is 386. The fourth-order valence-corrected chi connectivity index (χ4v) is 1.33. The molecule has 0 amide bonds. The molecule has 0 heterocycles. The Morgan fingerprint density at radius 2 is 1.82 bits per heavy atom. The first-order valence-electron chi connectivity index (χ1n) is 4.19. The van der Waals surface area contributed by atoms with Crippen molar-refractivity contribution < 1.29 is 22.7 Å². The second-order valence-electron chi connectivity index (χ2n) is 3.16. The maximum absolute atomic E-state index is 13.3. The quantitative estimate of drug-likeness (QED) is 0.824. The van der Waals surface area contributed by atoms with Gasteiger partial charge < -0.3 is 10.8 Å². The summed E-state index contributed by atoms with van der Waals surface area (Å²) in [4.78, 5) is 0. The Hall–Kier alpha value is -0.560. The van der Waals surface area contributed by atoms with Crippen LogP contribution in [0.25, 0.3) is 0 Å². The summed E-state index contributed by atoms with van der Waals surface area (Å²) in [5, 5.41) is 8.52. The van der Waals surface area contributed by atoms with E-state index in [0.717, 1.165) is 6.07 Å². The van der Waals surface area contributed by atoms with Gasteiger partial charge in [0.05, 0.1) is 11.1 Å². The number of aliphatic hydroxyl groups is 1. The van der Waals surface area contributed by atoms with Gasteiger partial charge in [0, 0.05) is 5.56 Å². The van der Waals surface area contributed by atoms with Gasteiger partial charge in [-0.1, -0.05) is 23.7 Å². The molecule has 2 nitrogen and oxygen atoms in total. The highest BCUT2D eigenvalue weighted by molar-refractivity contribution is 6.30. The van der Waals surface area contributed by atoms with E-state index < -0.39 is 29.7 Å². The van der Waals surface area contributed by atoms with Crippen LogP contribution in [0.3, 0.4) is 0 Å². The molecule has 0 spiro atoms. The Morgan fingerprint density at radius 1 is 1.29 bits per heavy atom. The van der Waals surface area contributed by atoms with Crippen LogP contribution in [0, 0.1) is 5.82 Å². The minimum atomic E-state index is -4.91. The van der Waals surface area contributed by atoms with Crippen molar-refractivity contribution in [3.8, 4) is 0 Å². The second-order valence-corrected chi connectivity index (χ2v) is 3.56. The molecule has 0 fully saturated rings. The van der Waals surface area contributed by atoms with Gasteiger partial charge in [-0.15, -0.1) is 12.4 Å². The van der Waals surface area contributed by atoms with E-state index in [2.05, 4.69) is 0 Å². The summed E-state index contributed by atoms with van der Waals surface area (Å²) in [5.74, 6) is -1.06. The highest BCUT2D eigenvalue weighted by Crippen LogP contribution is 2.31. The third kappa shape index (κ3) is 3.70. The Balaban J connectivity index is 0.00000256. The van der Waals surface area contributed by atoms with Crippen molar-refractivity contribution in [3.05, 3.63) is 34.6 Å². The number of benzene rings is 1. The van der Waals surface area contributed by atoms with Crippen molar-refractivity contribution in [3.63, 3.8) is 0 Å². The number of aliphatic hydroxyl groups excluding tert-OH is 1. The summed E-state index contributed by atoms with van der Waals surface area (Å²) in [5.41, 5.74) is 4.65. The molecule has 8 heteroatoms. The minimum absolute atomic E-state index is 0.